The average molecular weight is 514 g/mol. The Hall–Kier alpha value is -4.10. The lowest BCUT2D eigenvalue weighted by Gasteiger charge is -2.19. The molecule has 6 nitrogen and oxygen atoms in total. The Labute approximate surface area is 217 Å². The number of hydrogen-bond donors (Lipinski definition) is 1. The summed E-state index contributed by atoms with van der Waals surface area (Å²) >= 11 is 0. The van der Waals surface area contributed by atoms with Crippen LogP contribution in [-0.4, -0.2) is 21.1 Å². The van der Waals surface area contributed by atoms with E-state index in [1.807, 2.05) is 31.2 Å². The van der Waals surface area contributed by atoms with Crippen molar-refractivity contribution >= 4 is 16.2 Å². The molecule has 1 unspecified atom stereocenters. The van der Waals surface area contributed by atoms with Crippen molar-refractivity contribution < 1.29 is 22.1 Å². The van der Waals surface area contributed by atoms with Gasteiger partial charge in [-0.2, -0.15) is 8.42 Å². The summed E-state index contributed by atoms with van der Waals surface area (Å²) in [6.07, 6.45) is -0.592. The van der Waals surface area contributed by atoms with Gasteiger partial charge in [0.25, 0.3) is 0 Å². The highest BCUT2D eigenvalue weighted by Gasteiger charge is 2.29. The minimum atomic E-state index is -4.04. The van der Waals surface area contributed by atoms with Gasteiger partial charge >= 0.3 is 16.2 Å². The minimum Gasteiger partial charge on any atom is -0.449 e. The fourth-order valence-electron chi connectivity index (χ4n) is 4.68. The lowest BCUT2D eigenvalue weighted by molar-refractivity contribution is 0.139. The maximum Gasteiger partial charge on any atom is 0.407 e. The van der Waals surface area contributed by atoms with Crippen LogP contribution < -0.4 is 9.50 Å². The molecular formula is C30H27NO5S. The van der Waals surface area contributed by atoms with Crippen molar-refractivity contribution in [1.82, 2.24) is 5.32 Å². The van der Waals surface area contributed by atoms with E-state index in [-0.39, 0.29) is 23.2 Å². The van der Waals surface area contributed by atoms with E-state index >= 15 is 0 Å². The third kappa shape index (κ3) is 5.08. The second-order valence-corrected chi connectivity index (χ2v) is 10.6. The summed E-state index contributed by atoms with van der Waals surface area (Å²) in [5.74, 6) is 0.0956. The molecule has 0 fully saturated rings. The molecule has 0 saturated heterocycles. The minimum absolute atomic E-state index is 0.0521. The Bertz CT molecular complexity index is 1500. The maximum absolute atomic E-state index is 12.8. The molecule has 0 aromatic heterocycles. The van der Waals surface area contributed by atoms with Crippen molar-refractivity contribution in [3.63, 3.8) is 0 Å². The van der Waals surface area contributed by atoms with Gasteiger partial charge in [-0.3, -0.25) is 0 Å². The van der Waals surface area contributed by atoms with Gasteiger partial charge in [0, 0.05) is 11.5 Å². The zero-order chi connectivity index (χ0) is 26.0. The number of rotatable bonds is 7. The molecule has 1 aliphatic carbocycles. The number of ether oxygens (including phenoxy) is 1. The predicted octanol–water partition coefficient (Wildman–Crippen LogP) is 6.36. The molecule has 0 radical (unpaired) electrons. The molecule has 37 heavy (non-hydrogen) atoms. The second kappa shape index (κ2) is 10.1. The first-order valence-corrected chi connectivity index (χ1v) is 13.5. The zero-order valence-electron chi connectivity index (χ0n) is 20.5. The molecular weight excluding hydrogens is 486 g/mol. The van der Waals surface area contributed by atoms with Crippen molar-refractivity contribution in [2.45, 2.75) is 30.7 Å². The first kappa shape index (κ1) is 24.6. The topological polar surface area (TPSA) is 81.7 Å². The van der Waals surface area contributed by atoms with Crippen molar-refractivity contribution in [3.8, 4) is 16.9 Å². The van der Waals surface area contributed by atoms with Crippen LogP contribution in [0.15, 0.2) is 102 Å². The van der Waals surface area contributed by atoms with Gasteiger partial charge in [0.05, 0.1) is 6.04 Å². The number of hydrogen-bond acceptors (Lipinski definition) is 5. The van der Waals surface area contributed by atoms with E-state index < -0.39 is 22.3 Å². The number of carbonyl (C=O) groups is 1. The summed E-state index contributed by atoms with van der Waals surface area (Å²) < 4.78 is 36.8. The summed E-state index contributed by atoms with van der Waals surface area (Å²) in [5, 5.41) is 2.81. The van der Waals surface area contributed by atoms with Gasteiger partial charge in [-0.05, 0) is 54.3 Å². The smallest absolute Gasteiger partial charge is 0.407 e. The molecule has 1 atom stereocenters. The molecule has 0 spiro atoms. The van der Waals surface area contributed by atoms with Gasteiger partial charge in [-0.1, -0.05) is 84.4 Å². The summed E-state index contributed by atoms with van der Waals surface area (Å²) in [4.78, 5) is 12.8. The average Bonchev–Trinajstić information content (AvgIpc) is 3.21. The van der Waals surface area contributed by atoms with Crippen LogP contribution in [0.4, 0.5) is 4.79 Å². The van der Waals surface area contributed by atoms with E-state index in [2.05, 4.69) is 29.6 Å². The van der Waals surface area contributed by atoms with Crippen LogP contribution in [0.2, 0.25) is 0 Å². The van der Waals surface area contributed by atoms with Crippen LogP contribution in [0.1, 0.15) is 41.1 Å². The lowest BCUT2D eigenvalue weighted by Crippen LogP contribution is -2.29. The molecule has 0 saturated carbocycles. The second-order valence-electron chi connectivity index (χ2n) is 9.08. The Morgan fingerprint density at radius 2 is 1.41 bits per heavy atom. The van der Waals surface area contributed by atoms with Crippen LogP contribution >= 0.6 is 0 Å². The summed E-state index contributed by atoms with van der Waals surface area (Å²) in [6.45, 7) is 3.82. The van der Waals surface area contributed by atoms with E-state index in [4.69, 9.17) is 8.92 Å². The molecule has 4 aromatic carbocycles. The number of alkyl carbamates (subject to hydrolysis) is 1. The van der Waals surface area contributed by atoms with Crippen molar-refractivity contribution in [2.24, 2.45) is 0 Å². The largest absolute Gasteiger partial charge is 0.449 e. The summed E-state index contributed by atoms with van der Waals surface area (Å²) in [6, 6.07) is 28.9. The van der Waals surface area contributed by atoms with Crippen LogP contribution in [0.5, 0.6) is 5.75 Å². The van der Waals surface area contributed by atoms with E-state index in [0.717, 1.165) is 27.8 Å². The molecule has 4 aromatic rings. The van der Waals surface area contributed by atoms with E-state index in [1.165, 1.54) is 12.1 Å². The number of amides is 1. The van der Waals surface area contributed by atoms with E-state index in [0.29, 0.717) is 5.56 Å². The van der Waals surface area contributed by atoms with Crippen molar-refractivity contribution in [3.05, 3.63) is 119 Å². The number of benzene rings is 4. The van der Waals surface area contributed by atoms with Gasteiger partial charge < -0.3 is 14.2 Å². The molecule has 0 heterocycles. The van der Waals surface area contributed by atoms with E-state index in [1.54, 1.807) is 43.3 Å². The highest BCUT2D eigenvalue weighted by Crippen LogP contribution is 2.44. The van der Waals surface area contributed by atoms with E-state index in [9.17, 15) is 13.2 Å². The van der Waals surface area contributed by atoms with Gasteiger partial charge in [-0.15, -0.1) is 0 Å². The molecule has 0 bridgehead atoms. The van der Waals surface area contributed by atoms with Gasteiger partial charge in [-0.25, -0.2) is 4.79 Å². The van der Waals surface area contributed by atoms with Crippen molar-refractivity contribution in [2.75, 3.05) is 6.61 Å². The number of carbonyl (C=O) groups excluding carboxylic acids is 1. The Balaban J connectivity index is 1.27. The van der Waals surface area contributed by atoms with Gasteiger partial charge in [0.2, 0.25) is 0 Å². The molecule has 188 valence electrons. The zero-order valence-corrected chi connectivity index (χ0v) is 21.4. The Kier molecular flexibility index (Phi) is 6.72. The maximum atomic E-state index is 12.8. The molecule has 0 aliphatic heterocycles. The number of fused-ring (bicyclic) bond motifs is 3. The monoisotopic (exact) mass is 513 g/mol. The Morgan fingerprint density at radius 1 is 0.838 bits per heavy atom. The van der Waals surface area contributed by atoms with Crippen LogP contribution in [0, 0.1) is 6.92 Å². The lowest BCUT2D eigenvalue weighted by atomic mass is 9.98. The van der Waals surface area contributed by atoms with Crippen LogP contribution in [0.3, 0.4) is 0 Å². The summed E-state index contributed by atoms with van der Waals surface area (Å²) in [5.41, 5.74) is 6.03. The van der Waals surface area contributed by atoms with Crippen LogP contribution in [0.25, 0.3) is 11.1 Å². The first-order valence-electron chi connectivity index (χ1n) is 12.0. The number of para-hydroxylation sites is 1. The van der Waals surface area contributed by atoms with Gasteiger partial charge in [0.1, 0.15) is 17.3 Å². The van der Waals surface area contributed by atoms with Gasteiger partial charge in [0.15, 0.2) is 0 Å². The Morgan fingerprint density at radius 3 is 2.05 bits per heavy atom. The SMILES string of the molecule is Cc1ccc(S(=O)(=O)Oc2ccccc2C(C)NC(=O)OCC2c3ccccc3-c3ccccc32)cc1. The standard InChI is InChI=1S/C30H27NO5S/c1-20-15-17-22(18-16-20)37(33,34)36-29-14-8-7-9-23(29)21(2)31-30(32)35-19-28-26-12-5-3-10-24(26)25-11-4-6-13-27(25)28/h3-18,21,28H,19H2,1-2H3,(H,31,32). The number of aryl methyl sites for hydroxylation is 1. The third-order valence-electron chi connectivity index (χ3n) is 6.57. The fourth-order valence-corrected chi connectivity index (χ4v) is 5.63. The molecule has 1 N–H and O–H groups in total. The summed E-state index contributed by atoms with van der Waals surface area (Å²) in [7, 11) is -4.04. The molecule has 5 rings (SSSR count). The molecule has 1 amide bonds. The highest BCUT2D eigenvalue weighted by molar-refractivity contribution is 7.87. The number of nitrogens with one attached hydrogen (secondary N) is 1. The molecule has 1 aliphatic rings. The van der Waals surface area contributed by atoms with Crippen LogP contribution in [-0.2, 0) is 14.9 Å². The quantitative estimate of drug-likeness (QED) is 0.291. The fraction of sp³-hybridized carbons (Fsp3) is 0.167. The molecule has 7 heteroatoms. The third-order valence-corrected chi connectivity index (χ3v) is 7.82. The van der Waals surface area contributed by atoms with Crippen molar-refractivity contribution in [1.29, 1.82) is 0 Å². The highest BCUT2D eigenvalue weighted by atomic mass is 32.2. The normalized spacial score (nSPS) is 13.4. The first-order chi connectivity index (χ1) is 17.8. The predicted molar refractivity (Wildman–Crippen MR) is 142 cm³/mol.